The molecule has 0 unspecified atom stereocenters. The molecule has 0 bridgehead atoms. The van der Waals surface area contributed by atoms with Gasteiger partial charge in [0.2, 0.25) is 0 Å². The van der Waals surface area contributed by atoms with Crippen LogP contribution in [0.2, 0.25) is 0 Å². The van der Waals surface area contributed by atoms with E-state index in [0.29, 0.717) is 18.7 Å². The third kappa shape index (κ3) is 4.26. The molecule has 0 spiro atoms. The number of aryl methyl sites for hydroxylation is 1. The summed E-state index contributed by atoms with van der Waals surface area (Å²) in [7, 11) is 0. The molecule has 1 heterocycles. The molecule has 0 atom stereocenters. The van der Waals surface area contributed by atoms with Crippen molar-refractivity contribution in [2.45, 2.75) is 19.4 Å². The van der Waals surface area contributed by atoms with Crippen LogP contribution in [0.1, 0.15) is 27.9 Å². The van der Waals surface area contributed by atoms with Crippen LogP contribution in [0.4, 0.5) is 0 Å². The van der Waals surface area contributed by atoms with Crippen LogP contribution in [0.5, 0.6) is 0 Å². The molecule has 5 nitrogen and oxygen atoms in total. The van der Waals surface area contributed by atoms with Crippen molar-refractivity contribution in [1.29, 1.82) is 0 Å². The molecule has 5 heteroatoms. The number of nitrogens with one attached hydrogen (secondary N) is 1. The van der Waals surface area contributed by atoms with Crippen LogP contribution in [-0.2, 0) is 13.0 Å². The van der Waals surface area contributed by atoms with Crippen LogP contribution in [0.15, 0.2) is 78.9 Å². The Bertz CT molecular complexity index is 1060. The Morgan fingerprint density at radius 3 is 2.36 bits per heavy atom. The monoisotopic (exact) mass is 370 g/mol. The highest BCUT2D eigenvalue weighted by Crippen LogP contribution is 2.15. The predicted octanol–water partition coefficient (Wildman–Crippen LogP) is 3.84. The molecule has 28 heavy (non-hydrogen) atoms. The van der Waals surface area contributed by atoms with Gasteiger partial charge < -0.3 is 5.32 Å². The summed E-state index contributed by atoms with van der Waals surface area (Å²) in [5.74, 6) is -0.0763. The molecule has 4 rings (SSSR count). The lowest BCUT2D eigenvalue weighted by atomic mass is 10.1. The first-order valence-electron chi connectivity index (χ1n) is 9.49. The van der Waals surface area contributed by atoms with E-state index in [0.717, 1.165) is 29.4 Å². The highest BCUT2D eigenvalue weighted by molar-refractivity contribution is 5.97. The molecule has 3 aromatic carbocycles. The van der Waals surface area contributed by atoms with Crippen molar-refractivity contribution in [3.05, 3.63) is 95.6 Å². The minimum atomic E-state index is -0.0763. The van der Waals surface area contributed by atoms with Gasteiger partial charge in [-0.1, -0.05) is 65.9 Å². The van der Waals surface area contributed by atoms with Gasteiger partial charge in [-0.25, -0.2) is 4.68 Å². The molecule has 4 aromatic rings. The number of carbonyl (C=O) groups is 1. The maximum absolute atomic E-state index is 12.4. The van der Waals surface area contributed by atoms with Crippen LogP contribution in [0.25, 0.3) is 11.0 Å². The molecular weight excluding hydrogens is 348 g/mol. The average Bonchev–Trinajstić information content (AvgIpc) is 3.14. The maximum atomic E-state index is 12.4. The average molecular weight is 370 g/mol. The number of hydrogen-bond donors (Lipinski definition) is 1. The van der Waals surface area contributed by atoms with Crippen LogP contribution in [0.3, 0.4) is 0 Å². The number of aromatic nitrogens is 3. The fourth-order valence-electron chi connectivity index (χ4n) is 3.23. The van der Waals surface area contributed by atoms with E-state index < -0.39 is 0 Å². The van der Waals surface area contributed by atoms with Crippen molar-refractivity contribution in [3.8, 4) is 0 Å². The van der Waals surface area contributed by atoms with Crippen molar-refractivity contribution >= 4 is 16.9 Å². The zero-order chi connectivity index (χ0) is 19.2. The number of nitrogens with zero attached hydrogens (tertiary/aromatic N) is 3. The van der Waals surface area contributed by atoms with E-state index in [1.807, 2.05) is 53.2 Å². The van der Waals surface area contributed by atoms with Gasteiger partial charge in [0.15, 0.2) is 0 Å². The number of benzene rings is 3. The van der Waals surface area contributed by atoms with E-state index in [4.69, 9.17) is 0 Å². The SMILES string of the molecule is O=C(NCCCc1ccccc1)c1ccc2c(c1)nnn2Cc1ccccc1. The lowest BCUT2D eigenvalue weighted by molar-refractivity contribution is 0.0953. The topological polar surface area (TPSA) is 59.8 Å². The molecule has 0 aliphatic carbocycles. The molecular formula is C23H22N4O. The second-order valence-electron chi connectivity index (χ2n) is 6.78. The van der Waals surface area contributed by atoms with Crippen molar-refractivity contribution in [2.75, 3.05) is 6.54 Å². The summed E-state index contributed by atoms with van der Waals surface area (Å²) in [6.07, 6.45) is 1.86. The van der Waals surface area contributed by atoms with Crippen molar-refractivity contribution in [1.82, 2.24) is 20.3 Å². The lowest BCUT2D eigenvalue weighted by Crippen LogP contribution is -2.24. The number of fused-ring (bicyclic) bond motifs is 1. The molecule has 140 valence electrons. The smallest absolute Gasteiger partial charge is 0.251 e. The van der Waals surface area contributed by atoms with Gasteiger partial charge >= 0.3 is 0 Å². The van der Waals surface area contributed by atoms with Gasteiger partial charge in [0, 0.05) is 12.1 Å². The third-order valence-electron chi connectivity index (χ3n) is 4.72. The maximum Gasteiger partial charge on any atom is 0.251 e. The molecule has 0 saturated heterocycles. The van der Waals surface area contributed by atoms with Gasteiger partial charge in [0.05, 0.1) is 12.1 Å². The third-order valence-corrected chi connectivity index (χ3v) is 4.72. The first-order chi connectivity index (χ1) is 13.8. The second kappa shape index (κ2) is 8.48. The Balaban J connectivity index is 1.37. The van der Waals surface area contributed by atoms with Crippen LogP contribution < -0.4 is 5.32 Å². The number of amides is 1. The van der Waals surface area contributed by atoms with Gasteiger partial charge in [-0.2, -0.15) is 0 Å². The number of hydrogen-bond acceptors (Lipinski definition) is 3. The lowest BCUT2D eigenvalue weighted by Gasteiger charge is -2.06. The van der Waals surface area contributed by atoms with E-state index in [1.54, 1.807) is 6.07 Å². The summed E-state index contributed by atoms with van der Waals surface area (Å²) >= 11 is 0. The van der Waals surface area contributed by atoms with Gasteiger partial charge in [0.1, 0.15) is 5.52 Å². The summed E-state index contributed by atoms with van der Waals surface area (Å²) in [6.45, 7) is 1.30. The minimum Gasteiger partial charge on any atom is -0.352 e. The molecule has 0 aliphatic rings. The summed E-state index contributed by atoms with van der Waals surface area (Å²) in [5, 5.41) is 11.4. The zero-order valence-electron chi connectivity index (χ0n) is 15.6. The first-order valence-corrected chi connectivity index (χ1v) is 9.49. The Hall–Kier alpha value is -3.47. The molecule has 0 saturated carbocycles. The molecule has 0 radical (unpaired) electrons. The predicted molar refractivity (Wildman–Crippen MR) is 110 cm³/mol. The molecule has 1 N–H and O–H groups in total. The summed E-state index contributed by atoms with van der Waals surface area (Å²) in [6, 6.07) is 26.0. The van der Waals surface area contributed by atoms with Crippen LogP contribution >= 0.6 is 0 Å². The largest absolute Gasteiger partial charge is 0.352 e. The van der Waals surface area contributed by atoms with Crippen molar-refractivity contribution in [2.24, 2.45) is 0 Å². The Kier molecular flexibility index (Phi) is 5.43. The van der Waals surface area contributed by atoms with Crippen molar-refractivity contribution in [3.63, 3.8) is 0 Å². The first kappa shape index (κ1) is 17.9. The Morgan fingerprint density at radius 1 is 0.893 bits per heavy atom. The number of carbonyl (C=O) groups excluding carboxylic acids is 1. The Labute approximate surface area is 164 Å². The summed E-state index contributed by atoms with van der Waals surface area (Å²) in [4.78, 5) is 12.4. The quantitative estimate of drug-likeness (QED) is 0.503. The molecule has 0 fully saturated rings. The molecule has 0 aliphatic heterocycles. The fourth-order valence-corrected chi connectivity index (χ4v) is 3.23. The van der Waals surface area contributed by atoms with E-state index in [2.05, 4.69) is 39.9 Å². The van der Waals surface area contributed by atoms with Gasteiger partial charge in [0.25, 0.3) is 5.91 Å². The van der Waals surface area contributed by atoms with E-state index in [9.17, 15) is 4.79 Å². The molecule has 1 amide bonds. The number of rotatable bonds is 7. The van der Waals surface area contributed by atoms with Gasteiger partial charge in [-0.05, 0) is 42.2 Å². The van der Waals surface area contributed by atoms with E-state index in [-0.39, 0.29) is 5.91 Å². The van der Waals surface area contributed by atoms with E-state index in [1.165, 1.54) is 5.56 Å². The second-order valence-corrected chi connectivity index (χ2v) is 6.78. The van der Waals surface area contributed by atoms with E-state index >= 15 is 0 Å². The molecule has 1 aromatic heterocycles. The van der Waals surface area contributed by atoms with Crippen LogP contribution in [0, 0.1) is 0 Å². The standard InChI is InChI=1S/C23H22N4O/c28-23(24-15-7-12-18-8-3-1-4-9-18)20-13-14-22-21(16-20)25-26-27(22)17-19-10-5-2-6-11-19/h1-6,8-11,13-14,16H,7,12,15,17H2,(H,24,28). The summed E-state index contributed by atoms with van der Waals surface area (Å²) in [5.41, 5.74) is 4.71. The normalized spacial score (nSPS) is 10.9. The summed E-state index contributed by atoms with van der Waals surface area (Å²) < 4.78 is 1.85. The fraction of sp³-hybridized carbons (Fsp3) is 0.174. The Morgan fingerprint density at radius 2 is 1.61 bits per heavy atom. The van der Waals surface area contributed by atoms with Crippen LogP contribution in [-0.4, -0.2) is 27.4 Å². The van der Waals surface area contributed by atoms with Crippen molar-refractivity contribution < 1.29 is 4.79 Å². The zero-order valence-corrected chi connectivity index (χ0v) is 15.6. The highest BCUT2D eigenvalue weighted by atomic mass is 16.1. The minimum absolute atomic E-state index is 0.0763. The van der Waals surface area contributed by atoms with Gasteiger partial charge in [-0.15, -0.1) is 5.10 Å². The highest BCUT2D eigenvalue weighted by Gasteiger charge is 2.10. The van der Waals surface area contributed by atoms with Gasteiger partial charge in [-0.3, -0.25) is 4.79 Å².